The van der Waals surface area contributed by atoms with Gasteiger partial charge in [0.2, 0.25) is 0 Å². The Balaban J connectivity index is 0.000000810. The molecule has 0 bridgehead atoms. The molecule has 10 heavy (non-hydrogen) atoms. The normalized spacial score (nSPS) is 31.8. The van der Waals surface area contributed by atoms with Crippen molar-refractivity contribution in [2.45, 2.75) is 24.9 Å². The van der Waals surface area contributed by atoms with Crippen LogP contribution in [0, 0.1) is 0 Å². The van der Waals surface area contributed by atoms with E-state index in [2.05, 4.69) is 5.32 Å². The SMILES string of the molecule is Cl.OC[C@@H]1CC[C@H](CO)N1. The molecule has 0 unspecified atom stereocenters. The Morgan fingerprint density at radius 2 is 1.50 bits per heavy atom. The first-order valence-electron chi connectivity index (χ1n) is 3.34. The van der Waals surface area contributed by atoms with Crippen LogP contribution in [0.5, 0.6) is 0 Å². The van der Waals surface area contributed by atoms with E-state index in [1.54, 1.807) is 0 Å². The molecular weight excluding hydrogens is 154 g/mol. The van der Waals surface area contributed by atoms with E-state index >= 15 is 0 Å². The fourth-order valence-corrected chi connectivity index (χ4v) is 1.19. The molecule has 0 radical (unpaired) electrons. The highest BCUT2D eigenvalue weighted by Crippen LogP contribution is 2.10. The lowest BCUT2D eigenvalue weighted by Crippen LogP contribution is -2.33. The van der Waals surface area contributed by atoms with Gasteiger partial charge in [-0.3, -0.25) is 0 Å². The summed E-state index contributed by atoms with van der Waals surface area (Å²) in [7, 11) is 0. The van der Waals surface area contributed by atoms with Gasteiger partial charge in [0.1, 0.15) is 0 Å². The standard InChI is InChI=1S/C6H13NO2.ClH/c8-3-5-1-2-6(4-9)7-5;/h5-9H,1-4H2;1H/t5-,6+;. The molecule has 1 rings (SSSR count). The second-order valence-electron chi connectivity index (χ2n) is 2.50. The van der Waals surface area contributed by atoms with Crippen molar-refractivity contribution in [2.75, 3.05) is 13.2 Å². The molecule has 0 aliphatic carbocycles. The molecule has 62 valence electrons. The van der Waals surface area contributed by atoms with Crippen LogP contribution in [0.25, 0.3) is 0 Å². The molecule has 0 aromatic carbocycles. The summed E-state index contributed by atoms with van der Waals surface area (Å²) in [6, 6.07) is 0.448. The van der Waals surface area contributed by atoms with Gasteiger partial charge in [0.05, 0.1) is 13.2 Å². The number of halogens is 1. The Morgan fingerprint density at radius 1 is 1.10 bits per heavy atom. The number of aliphatic hydroxyl groups excluding tert-OH is 2. The summed E-state index contributed by atoms with van der Waals surface area (Å²) in [5.41, 5.74) is 0. The van der Waals surface area contributed by atoms with Crippen LogP contribution in [-0.4, -0.2) is 35.5 Å². The Hall–Kier alpha value is 0.170. The van der Waals surface area contributed by atoms with Gasteiger partial charge in [-0.25, -0.2) is 0 Å². The fraction of sp³-hybridized carbons (Fsp3) is 1.00. The van der Waals surface area contributed by atoms with Crippen molar-refractivity contribution in [1.82, 2.24) is 5.32 Å². The highest BCUT2D eigenvalue weighted by molar-refractivity contribution is 5.85. The topological polar surface area (TPSA) is 52.5 Å². The van der Waals surface area contributed by atoms with E-state index in [0.717, 1.165) is 12.8 Å². The number of nitrogens with one attached hydrogen (secondary N) is 1. The maximum atomic E-state index is 8.64. The second kappa shape index (κ2) is 4.91. The van der Waals surface area contributed by atoms with Gasteiger partial charge in [-0.1, -0.05) is 0 Å². The third kappa shape index (κ3) is 2.42. The lowest BCUT2D eigenvalue weighted by Gasteiger charge is -2.08. The molecule has 1 fully saturated rings. The molecule has 1 saturated heterocycles. The molecule has 0 aromatic rings. The van der Waals surface area contributed by atoms with E-state index in [1.165, 1.54) is 0 Å². The monoisotopic (exact) mass is 167 g/mol. The zero-order valence-corrected chi connectivity index (χ0v) is 6.60. The number of rotatable bonds is 2. The molecular formula is C6H14ClNO2. The van der Waals surface area contributed by atoms with E-state index in [9.17, 15) is 0 Å². The van der Waals surface area contributed by atoms with Crippen LogP contribution >= 0.6 is 12.4 Å². The summed E-state index contributed by atoms with van der Waals surface area (Å²) in [6.07, 6.45) is 1.98. The summed E-state index contributed by atoms with van der Waals surface area (Å²) >= 11 is 0. The van der Waals surface area contributed by atoms with E-state index in [0.29, 0.717) is 0 Å². The third-order valence-corrected chi connectivity index (χ3v) is 1.78. The lowest BCUT2D eigenvalue weighted by molar-refractivity contribution is 0.227. The smallest absolute Gasteiger partial charge is 0.0584 e. The molecule has 4 heteroatoms. The highest BCUT2D eigenvalue weighted by Gasteiger charge is 2.21. The predicted molar refractivity (Wildman–Crippen MR) is 41.4 cm³/mol. The van der Waals surface area contributed by atoms with Crippen LogP contribution < -0.4 is 5.32 Å². The summed E-state index contributed by atoms with van der Waals surface area (Å²) in [5, 5.41) is 20.4. The van der Waals surface area contributed by atoms with Crippen LogP contribution in [0.3, 0.4) is 0 Å². The zero-order valence-electron chi connectivity index (χ0n) is 5.79. The summed E-state index contributed by atoms with van der Waals surface area (Å²) in [4.78, 5) is 0. The quantitative estimate of drug-likeness (QED) is 0.521. The molecule has 0 spiro atoms. The Labute approximate surface area is 66.8 Å². The van der Waals surface area contributed by atoms with E-state index in [4.69, 9.17) is 10.2 Å². The van der Waals surface area contributed by atoms with Crippen molar-refractivity contribution in [1.29, 1.82) is 0 Å². The van der Waals surface area contributed by atoms with Crippen LogP contribution in [0.1, 0.15) is 12.8 Å². The van der Waals surface area contributed by atoms with Crippen molar-refractivity contribution in [3.63, 3.8) is 0 Å². The third-order valence-electron chi connectivity index (χ3n) is 1.78. The Morgan fingerprint density at radius 3 is 1.70 bits per heavy atom. The minimum absolute atomic E-state index is 0. The van der Waals surface area contributed by atoms with Crippen molar-refractivity contribution >= 4 is 12.4 Å². The van der Waals surface area contributed by atoms with Crippen molar-refractivity contribution in [3.05, 3.63) is 0 Å². The first-order chi connectivity index (χ1) is 4.36. The van der Waals surface area contributed by atoms with Crippen LogP contribution in [0.2, 0.25) is 0 Å². The molecule has 3 N–H and O–H groups in total. The average Bonchev–Trinajstić information content (AvgIpc) is 2.34. The Bertz CT molecular complexity index is 81.8. The molecule has 0 saturated carbocycles. The van der Waals surface area contributed by atoms with Crippen LogP contribution in [0.15, 0.2) is 0 Å². The maximum Gasteiger partial charge on any atom is 0.0584 e. The summed E-state index contributed by atoms with van der Waals surface area (Å²) < 4.78 is 0. The van der Waals surface area contributed by atoms with Gasteiger partial charge in [-0.05, 0) is 12.8 Å². The summed E-state index contributed by atoms with van der Waals surface area (Å²) in [6.45, 7) is 0.382. The molecule has 0 aromatic heterocycles. The van der Waals surface area contributed by atoms with Gasteiger partial charge in [0.25, 0.3) is 0 Å². The van der Waals surface area contributed by atoms with Gasteiger partial charge in [0, 0.05) is 12.1 Å². The average molecular weight is 168 g/mol. The largest absolute Gasteiger partial charge is 0.395 e. The van der Waals surface area contributed by atoms with Crippen molar-refractivity contribution in [3.8, 4) is 0 Å². The highest BCUT2D eigenvalue weighted by atomic mass is 35.5. The van der Waals surface area contributed by atoms with E-state index in [1.807, 2.05) is 0 Å². The fourth-order valence-electron chi connectivity index (χ4n) is 1.19. The van der Waals surface area contributed by atoms with Gasteiger partial charge >= 0.3 is 0 Å². The molecule has 3 nitrogen and oxygen atoms in total. The minimum atomic E-state index is 0. The van der Waals surface area contributed by atoms with Gasteiger partial charge in [-0.2, -0.15) is 0 Å². The van der Waals surface area contributed by atoms with Crippen LogP contribution in [0.4, 0.5) is 0 Å². The predicted octanol–water partition coefficient (Wildman–Crippen LogP) is -0.487. The first kappa shape index (κ1) is 10.2. The van der Waals surface area contributed by atoms with E-state index in [-0.39, 0.29) is 37.7 Å². The van der Waals surface area contributed by atoms with Crippen molar-refractivity contribution in [2.24, 2.45) is 0 Å². The molecule has 2 atom stereocenters. The number of hydrogen-bond acceptors (Lipinski definition) is 3. The first-order valence-corrected chi connectivity index (χ1v) is 3.34. The van der Waals surface area contributed by atoms with Crippen molar-refractivity contribution < 1.29 is 10.2 Å². The van der Waals surface area contributed by atoms with Gasteiger partial charge in [-0.15, -0.1) is 12.4 Å². The maximum absolute atomic E-state index is 8.64. The van der Waals surface area contributed by atoms with Gasteiger partial charge in [0.15, 0.2) is 0 Å². The number of aliphatic hydroxyl groups is 2. The zero-order chi connectivity index (χ0) is 6.69. The lowest BCUT2D eigenvalue weighted by atomic mass is 10.2. The van der Waals surface area contributed by atoms with Gasteiger partial charge < -0.3 is 15.5 Å². The molecule has 1 heterocycles. The molecule has 1 aliphatic heterocycles. The second-order valence-corrected chi connectivity index (χ2v) is 2.50. The summed E-state index contributed by atoms with van der Waals surface area (Å²) in [5.74, 6) is 0. The van der Waals surface area contributed by atoms with Crippen LogP contribution in [-0.2, 0) is 0 Å². The Kier molecular flexibility index (Phi) is 4.99. The number of hydrogen-bond donors (Lipinski definition) is 3. The molecule has 1 aliphatic rings. The van der Waals surface area contributed by atoms with E-state index < -0.39 is 0 Å². The minimum Gasteiger partial charge on any atom is -0.395 e. The molecule has 0 amide bonds.